The molecule has 1 aromatic rings. The molecule has 2 rings (SSSR count). The summed E-state index contributed by atoms with van der Waals surface area (Å²) in [6.07, 6.45) is 1.78. The van der Waals surface area contributed by atoms with Gasteiger partial charge in [0.1, 0.15) is 0 Å². The fraction of sp³-hybridized carbons (Fsp3) is 0.600. The molecule has 1 aliphatic rings. The van der Waals surface area contributed by atoms with Gasteiger partial charge in [0.2, 0.25) is 5.75 Å². The molecule has 0 aliphatic carbocycles. The molecule has 0 bridgehead atoms. The van der Waals surface area contributed by atoms with Crippen LogP contribution in [0.3, 0.4) is 0 Å². The third-order valence-corrected chi connectivity index (χ3v) is 4.14. The van der Waals surface area contributed by atoms with Crippen molar-refractivity contribution < 1.29 is 19.3 Å². The Bertz CT molecular complexity index is 430. The van der Waals surface area contributed by atoms with Crippen LogP contribution >= 0.6 is 0 Å². The van der Waals surface area contributed by atoms with E-state index < -0.39 is 0 Å². The SMILES string of the molecule is COc1cc(C2(CO)CCNCC2)cc(OC)c1OC. The molecule has 5 nitrogen and oxygen atoms in total. The summed E-state index contributed by atoms with van der Waals surface area (Å²) in [5.74, 6) is 1.85. The molecule has 0 unspecified atom stereocenters. The Morgan fingerprint density at radius 3 is 2.00 bits per heavy atom. The molecule has 0 radical (unpaired) electrons. The van der Waals surface area contributed by atoms with E-state index >= 15 is 0 Å². The highest BCUT2D eigenvalue weighted by Gasteiger charge is 2.35. The zero-order valence-electron chi connectivity index (χ0n) is 12.4. The van der Waals surface area contributed by atoms with Gasteiger partial charge in [-0.1, -0.05) is 0 Å². The van der Waals surface area contributed by atoms with Gasteiger partial charge in [0.15, 0.2) is 11.5 Å². The quantitative estimate of drug-likeness (QED) is 0.852. The zero-order chi connectivity index (χ0) is 14.6. The minimum Gasteiger partial charge on any atom is -0.493 e. The van der Waals surface area contributed by atoms with Crippen molar-refractivity contribution >= 4 is 0 Å². The van der Waals surface area contributed by atoms with Crippen molar-refractivity contribution in [3.63, 3.8) is 0 Å². The normalized spacial score (nSPS) is 17.6. The molecule has 112 valence electrons. The van der Waals surface area contributed by atoms with Crippen molar-refractivity contribution in [2.45, 2.75) is 18.3 Å². The van der Waals surface area contributed by atoms with E-state index in [1.54, 1.807) is 21.3 Å². The Kier molecular flexibility index (Phi) is 4.73. The lowest BCUT2D eigenvalue weighted by Crippen LogP contribution is -2.42. The number of rotatable bonds is 5. The number of aliphatic hydroxyl groups is 1. The second kappa shape index (κ2) is 6.33. The lowest BCUT2D eigenvalue weighted by Gasteiger charge is -2.37. The fourth-order valence-electron chi connectivity index (χ4n) is 2.83. The van der Waals surface area contributed by atoms with Crippen molar-refractivity contribution in [3.8, 4) is 17.2 Å². The number of benzene rings is 1. The predicted octanol–water partition coefficient (Wildman–Crippen LogP) is 1.33. The molecule has 0 atom stereocenters. The van der Waals surface area contributed by atoms with Crippen molar-refractivity contribution in [1.82, 2.24) is 5.32 Å². The molecule has 0 spiro atoms. The van der Waals surface area contributed by atoms with Crippen LogP contribution in [0.2, 0.25) is 0 Å². The average Bonchev–Trinajstić information content (AvgIpc) is 2.53. The lowest BCUT2D eigenvalue weighted by molar-refractivity contribution is 0.157. The van der Waals surface area contributed by atoms with Crippen LogP contribution in [0.1, 0.15) is 18.4 Å². The minimum absolute atomic E-state index is 0.118. The number of hydrogen-bond acceptors (Lipinski definition) is 5. The van der Waals surface area contributed by atoms with Crippen LogP contribution in [-0.4, -0.2) is 46.1 Å². The highest BCUT2D eigenvalue weighted by molar-refractivity contribution is 5.55. The van der Waals surface area contributed by atoms with E-state index in [4.69, 9.17) is 14.2 Å². The maximum Gasteiger partial charge on any atom is 0.203 e. The number of piperidine rings is 1. The molecule has 1 heterocycles. The Labute approximate surface area is 119 Å². The Morgan fingerprint density at radius 2 is 1.60 bits per heavy atom. The van der Waals surface area contributed by atoms with Crippen molar-refractivity contribution in [2.75, 3.05) is 41.0 Å². The molecule has 1 saturated heterocycles. The van der Waals surface area contributed by atoms with Crippen LogP contribution < -0.4 is 19.5 Å². The van der Waals surface area contributed by atoms with Gasteiger partial charge in [-0.2, -0.15) is 0 Å². The monoisotopic (exact) mass is 281 g/mol. The largest absolute Gasteiger partial charge is 0.493 e. The van der Waals surface area contributed by atoms with Crippen LogP contribution in [0.25, 0.3) is 0 Å². The Balaban J connectivity index is 2.50. The van der Waals surface area contributed by atoms with Crippen LogP contribution in [0.4, 0.5) is 0 Å². The molecule has 5 heteroatoms. The van der Waals surface area contributed by atoms with Crippen LogP contribution in [0.5, 0.6) is 17.2 Å². The standard InChI is InChI=1S/C15H23NO4/c1-18-12-8-11(9-13(19-2)14(12)20-3)15(10-17)4-6-16-7-5-15/h8-9,16-17H,4-7,10H2,1-3H3. The van der Waals surface area contributed by atoms with Gasteiger partial charge < -0.3 is 24.6 Å². The maximum absolute atomic E-state index is 9.91. The van der Waals surface area contributed by atoms with Gasteiger partial charge in [0.25, 0.3) is 0 Å². The summed E-state index contributed by atoms with van der Waals surface area (Å²) >= 11 is 0. The first-order chi connectivity index (χ1) is 9.70. The number of aliphatic hydroxyl groups excluding tert-OH is 1. The average molecular weight is 281 g/mol. The Hall–Kier alpha value is -1.46. The summed E-state index contributed by atoms with van der Waals surface area (Å²) in [6.45, 7) is 1.92. The molecule has 20 heavy (non-hydrogen) atoms. The van der Waals surface area contributed by atoms with E-state index in [1.165, 1.54) is 0 Å². The van der Waals surface area contributed by atoms with E-state index in [9.17, 15) is 5.11 Å². The number of hydrogen-bond donors (Lipinski definition) is 2. The summed E-state index contributed by atoms with van der Waals surface area (Å²) in [5.41, 5.74) is 0.800. The molecule has 1 aliphatic heterocycles. The first-order valence-electron chi connectivity index (χ1n) is 6.83. The molecular formula is C15H23NO4. The van der Waals surface area contributed by atoms with E-state index in [2.05, 4.69) is 5.32 Å². The molecular weight excluding hydrogens is 258 g/mol. The Morgan fingerprint density at radius 1 is 1.05 bits per heavy atom. The summed E-state index contributed by atoms with van der Waals surface area (Å²) in [7, 11) is 4.80. The van der Waals surface area contributed by atoms with Crippen molar-refractivity contribution in [1.29, 1.82) is 0 Å². The number of methoxy groups -OCH3 is 3. The predicted molar refractivity (Wildman–Crippen MR) is 77.0 cm³/mol. The van der Waals surface area contributed by atoms with Gasteiger partial charge in [-0.05, 0) is 43.6 Å². The van der Waals surface area contributed by atoms with Crippen molar-refractivity contribution in [2.24, 2.45) is 0 Å². The second-order valence-corrected chi connectivity index (χ2v) is 5.10. The minimum atomic E-state index is -0.238. The van der Waals surface area contributed by atoms with Gasteiger partial charge in [-0.3, -0.25) is 0 Å². The smallest absolute Gasteiger partial charge is 0.203 e. The van der Waals surface area contributed by atoms with E-state index in [0.717, 1.165) is 31.5 Å². The molecule has 1 fully saturated rings. The van der Waals surface area contributed by atoms with Gasteiger partial charge >= 0.3 is 0 Å². The molecule has 0 amide bonds. The van der Waals surface area contributed by atoms with Crippen molar-refractivity contribution in [3.05, 3.63) is 17.7 Å². The topological polar surface area (TPSA) is 60.0 Å². The molecule has 2 N–H and O–H groups in total. The number of ether oxygens (including phenoxy) is 3. The second-order valence-electron chi connectivity index (χ2n) is 5.10. The van der Waals surface area contributed by atoms with Gasteiger partial charge in [-0.25, -0.2) is 0 Å². The van der Waals surface area contributed by atoms with E-state index in [-0.39, 0.29) is 12.0 Å². The van der Waals surface area contributed by atoms with Gasteiger partial charge in [0.05, 0.1) is 27.9 Å². The summed E-state index contributed by atoms with van der Waals surface area (Å²) in [4.78, 5) is 0. The summed E-state index contributed by atoms with van der Waals surface area (Å²) in [5, 5.41) is 13.2. The highest BCUT2D eigenvalue weighted by atomic mass is 16.5. The first kappa shape index (κ1) is 14.9. The van der Waals surface area contributed by atoms with Gasteiger partial charge in [-0.15, -0.1) is 0 Å². The maximum atomic E-state index is 9.91. The first-order valence-corrected chi connectivity index (χ1v) is 6.83. The number of nitrogens with one attached hydrogen (secondary N) is 1. The lowest BCUT2D eigenvalue weighted by atomic mass is 9.73. The molecule has 1 aromatic carbocycles. The zero-order valence-corrected chi connectivity index (χ0v) is 12.4. The third kappa shape index (κ3) is 2.55. The van der Waals surface area contributed by atoms with Gasteiger partial charge in [0, 0.05) is 5.41 Å². The third-order valence-electron chi connectivity index (χ3n) is 4.14. The van der Waals surface area contributed by atoms with Crippen LogP contribution in [0, 0.1) is 0 Å². The highest BCUT2D eigenvalue weighted by Crippen LogP contribution is 2.43. The summed E-state index contributed by atoms with van der Waals surface area (Å²) in [6, 6.07) is 3.89. The fourth-order valence-corrected chi connectivity index (χ4v) is 2.83. The summed E-state index contributed by atoms with van der Waals surface area (Å²) < 4.78 is 16.1. The molecule has 0 aromatic heterocycles. The molecule has 0 saturated carbocycles. The van der Waals surface area contributed by atoms with Crippen LogP contribution in [-0.2, 0) is 5.41 Å². The van der Waals surface area contributed by atoms with Crippen LogP contribution in [0.15, 0.2) is 12.1 Å². The van der Waals surface area contributed by atoms with E-state index in [0.29, 0.717) is 17.2 Å². The van der Waals surface area contributed by atoms with E-state index in [1.807, 2.05) is 12.1 Å².